The summed E-state index contributed by atoms with van der Waals surface area (Å²) in [5, 5.41) is 5.52. The molecule has 0 aliphatic carbocycles. The van der Waals surface area contributed by atoms with E-state index in [1.165, 1.54) is 0 Å². The van der Waals surface area contributed by atoms with E-state index in [9.17, 15) is 9.59 Å². The van der Waals surface area contributed by atoms with Crippen molar-refractivity contribution in [1.29, 1.82) is 0 Å². The summed E-state index contributed by atoms with van der Waals surface area (Å²) in [7, 11) is 0. The number of anilines is 1. The average Bonchev–Trinajstić information content (AvgIpc) is 2.85. The van der Waals surface area contributed by atoms with E-state index in [0.29, 0.717) is 24.6 Å². The molecule has 2 N–H and O–H groups in total. The van der Waals surface area contributed by atoms with Gasteiger partial charge in [0, 0.05) is 13.0 Å². The number of amides is 2. The van der Waals surface area contributed by atoms with Crippen LogP contribution in [0.15, 0.2) is 18.2 Å². The van der Waals surface area contributed by atoms with Gasteiger partial charge in [-0.15, -0.1) is 0 Å². The van der Waals surface area contributed by atoms with Crippen LogP contribution in [-0.4, -0.2) is 25.0 Å². The minimum Gasteiger partial charge on any atom is -0.491 e. The summed E-state index contributed by atoms with van der Waals surface area (Å²) in [5.74, 6) is 0.158. The van der Waals surface area contributed by atoms with Crippen LogP contribution >= 0.6 is 0 Å². The van der Waals surface area contributed by atoms with E-state index in [-0.39, 0.29) is 24.2 Å². The van der Waals surface area contributed by atoms with Crippen LogP contribution in [0.5, 0.6) is 5.75 Å². The SMILES string of the molecule is CCCOc1cc(C)ccc1NC(=O)C1CNC(=O)C1. The van der Waals surface area contributed by atoms with Crippen molar-refractivity contribution in [3.8, 4) is 5.75 Å². The minimum atomic E-state index is -0.303. The van der Waals surface area contributed by atoms with Gasteiger partial charge in [0.2, 0.25) is 11.8 Å². The Kier molecular flexibility index (Phi) is 4.61. The van der Waals surface area contributed by atoms with Gasteiger partial charge in [0.1, 0.15) is 5.75 Å². The fraction of sp³-hybridized carbons (Fsp3) is 0.467. The molecular formula is C15H20N2O3. The van der Waals surface area contributed by atoms with Crippen LogP contribution in [0.25, 0.3) is 0 Å². The third-order valence-electron chi connectivity index (χ3n) is 3.20. The highest BCUT2D eigenvalue weighted by Crippen LogP contribution is 2.27. The number of rotatable bonds is 5. The van der Waals surface area contributed by atoms with Gasteiger partial charge in [0.15, 0.2) is 0 Å². The first-order valence-corrected chi connectivity index (χ1v) is 6.91. The van der Waals surface area contributed by atoms with Crippen molar-refractivity contribution >= 4 is 17.5 Å². The molecule has 1 atom stereocenters. The number of benzene rings is 1. The molecule has 1 fully saturated rings. The Balaban J connectivity index is 2.07. The number of ether oxygens (including phenoxy) is 1. The Labute approximate surface area is 118 Å². The zero-order chi connectivity index (χ0) is 14.5. The zero-order valence-corrected chi connectivity index (χ0v) is 11.9. The summed E-state index contributed by atoms with van der Waals surface area (Å²) in [4.78, 5) is 23.3. The predicted molar refractivity (Wildman–Crippen MR) is 76.7 cm³/mol. The average molecular weight is 276 g/mol. The Morgan fingerprint density at radius 2 is 2.30 bits per heavy atom. The number of carbonyl (C=O) groups is 2. The molecule has 2 rings (SSSR count). The Hall–Kier alpha value is -2.04. The van der Waals surface area contributed by atoms with Gasteiger partial charge in [-0.25, -0.2) is 0 Å². The Bertz CT molecular complexity index is 514. The quantitative estimate of drug-likeness (QED) is 0.862. The fourth-order valence-corrected chi connectivity index (χ4v) is 2.09. The first-order valence-electron chi connectivity index (χ1n) is 6.91. The second kappa shape index (κ2) is 6.41. The second-order valence-electron chi connectivity index (χ2n) is 5.04. The highest BCUT2D eigenvalue weighted by Gasteiger charge is 2.28. The highest BCUT2D eigenvalue weighted by atomic mass is 16.5. The summed E-state index contributed by atoms with van der Waals surface area (Å²) in [5.41, 5.74) is 1.74. The van der Waals surface area contributed by atoms with Crippen LogP contribution < -0.4 is 15.4 Å². The lowest BCUT2D eigenvalue weighted by molar-refractivity contribution is -0.123. The van der Waals surface area contributed by atoms with Crippen molar-refractivity contribution in [1.82, 2.24) is 5.32 Å². The maximum absolute atomic E-state index is 12.1. The first kappa shape index (κ1) is 14.4. The van der Waals surface area contributed by atoms with E-state index in [1.54, 1.807) is 0 Å². The lowest BCUT2D eigenvalue weighted by Gasteiger charge is -2.14. The monoisotopic (exact) mass is 276 g/mol. The predicted octanol–water partition coefficient (Wildman–Crippen LogP) is 1.86. The molecule has 0 radical (unpaired) electrons. The van der Waals surface area contributed by atoms with Crippen LogP contribution in [-0.2, 0) is 9.59 Å². The summed E-state index contributed by atoms with van der Waals surface area (Å²) >= 11 is 0. The molecule has 2 amide bonds. The zero-order valence-electron chi connectivity index (χ0n) is 11.9. The van der Waals surface area contributed by atoms with Crippen LogP contribution in [0.4, 0.5) is 5.69 Å². The lowest BCUT2D eigenvalue weighted by atomic mass is 10.1. The van der Waals surface area contributed by atoms with Crippen LogP contribution in [0, 0.1) is 12.8 Å². The van der Waals surface area contributed by atoms with Crippen molar-refractivity contribution in [2.24, 2.45) is 5.92 Å². The van der Waals surface area contributed by atoms with E-state index >= 15 is 0 Å². The molecule has 1 heterocycles. The van der Waals surface area contributed by atoms with Gasteiger partial charge in [-0.3, -0.25) is 9.59 Å². The van der Waals surface area contributed by atoms with Gasteiger partial charge in [0.05, 0.1) is 18.2 Å². The fourth-order valence-electron chi connectivity index (χ4n) is 2.09. The minimum absolute atomic E-state index is 0.0727. The Morgan fingerprint density at radius 3 is 2.95 bits per heavy atom. The van der Waals surface area contributed by atoms with Gasteiger partial charge >= 0.3 is 0 Å². The maximum atomic E-state index is 12.1. The van der Waals surface area contributed by atoms with Crippen molar-refractivity contribution in [2.75, 3.05) is 18.5 Å². The van der Waals surface area contributed by atoms with Crippen molar-refractivity contribution in [2.45, 2.75) is 26.7 Å². The third kappa shape index (κ3) is 3.50. The van der Waals surface area contributed by atoms with Crippen molar-refractivity contribution in [3.63, 3.8) is 0 Å². The number of carbonyl (C=O) groups excluding carboxylic acids is 2. The molecule has 1 unspecified atom stereocenters. The second-order valence-corrected chi connectivity index (χ2v) is 5.04. The molecule has 0 bridgehead atoms. The standard InChI is InChI=1S/C15H20N2O3/c1-3-6-20-13-7-10(2)4-5-12(13)17-15(19)11-8-14(18)16-9-11/h4-5,7,11H,3,6,8-9H2,1-2H3,(H,16,18)(H,17,19). The van der Waals surface area contributed by atoms with Crippen LogP contribution in [0.3, 0.4) is 0 Å². The molecule has 5 heteroatoms. The highest BCUT2D eigenvalue weighted by molar-refractivity contribution is 5.98. The Morgan fingerprint density at radius 1 is 1.50 bits per heavy atom. The lowest BCUT2D eigenvalue weighted by Crippen LogP contribution is -2.25. The summed E-state index contributed by atoms with van der Waals surface area (Å²) < 4.78 is 5.65. The van der Waals surface area contributed by atoms with Gasteiger partial charge < -0.3 is 15.4 Å². The molecule has 1 aliphatic rings. The number of aryl methyl sites for hydroxylation is 1. The van der Waals surface area contributed by atoms with E-state index in [1.807, 2.05) is 32.0 Å². The smallest absolute Gasteiger partial charge is 0.229 e. The summed E-state index contributed by atoms with van der Waals surface area (Å²) in [6.45, 7) is 5.02. The van der Waals surface area contributed by atoms with Crippen molar-refractivity contribution in [3.05, 3.63) is 23.8 Å². The third-order valence-corrected chi connectivity index (χ3v) is 3.20. The van der Waals surface area contributed by atoms with E-state index < -0.39 is 0 Å². The topological polar surface area (TPSA) is 67.4 Å². The van der Waals surface area contributed by atoms with E-state index in [4.69, 9.17) is 4.74 Å². The number of hydrogen-bond acceptors (Lipinski definition) is 3. The largest absolute Gasteiger partial charge is 0.491 e. The first-order chi connectivity index (χ1) is 9.60. The van der Waals surface area contributed by atoms with Crippen molar-refractivity contribution < 1.29 is 14.3 Å². The molecule has 1 aromatic rings. The molecule has 1 aliphatic heterocycles. The molecule has 0 saturated carbocycles. The molecular weight excluding hydrogens is 256 g/mol. The van der Waals surface area contributed by atoms with Gasteiger partial charge in [-0.2, -0.15) is 0 Å². The number of nitrogens with one attached hydrogen (secondary N) is 2. The molecule has 0 spiro atoms. The van der Waals surface area contributed by atoms with Gasteiger partial charge in [-0.05, 0) is 31.0 Å². The van der Waals surface area contributed by atoms with Crippen LogP contribution in [0.1, 0.15) is 25.3 Å². The summed E-state index contributed by atoms with van der Waals surface area (Å²) in [6, 6.07) is 5.66. The summed E-state index contributed by atoms with van der Waals surface area (Å²) in [6.07, 6.45) is 1.16. The molecule has 20 heavy (non-hydrogen) atoms. The molecule has 1 saturated heterocycles. The van der Waals surface area contributed by atoms with Gasteiger partial charge in [-0.1, -0.05) is 13.0 Å². The maximum Gasteiger partial charge on any atom is 0.229 e. The normalized spacial score (nSPS) is 17.7. The van der Waals surface area contributed by atoms with Gasteiger partial charge in [0.25, 0.3) is 0 Å². The molecule has 0 aromatic heterocycles. The molecule has 108 valence electrons. The van der Waals surface area contributed by atoms with Crippen LogP contribution in [0.2, 0.25) is 0 Å². The van der Waals surface area contributed by atoms with E-state index in [2.05, 4.69) is 10.6 Å². The molecule has 1 aromatic carbocycles. The molecule has 5 nitrogen and oxygen atoms in total. The number of hydrogen-bond donors (Lipinski definition) is 2. The van der Waals surface area contributed by atoms with E-state index in [0.717, 1.165) is 12.0 Å².